The topological polar surface area (TPSA) is 58.2 Å². The van der Waals surface area contributed by atoms with E-state index in [2.05, 4.69) is 10.6 Å². The van der Waals surface area contributed by atoms with E-state index in [-0.39, 0.29) is 5.56 Å². The third-order valence-corrected chi connectivity index (χ3v) is 2.99. The van der Waals surface area contributed by atoms with Gasteiger partial charge in [-0.1, -0.05) is 6.07 Å². The van der Waals surface area contributed by atoms with Gasteiger partial charge in [0.25, 0.3) is 5.91 Å². The van der Waals surface area contributed by atoms with Gasteiger partial charge in [-0.15, -0.1) is 0 Å². The Hall–Kier alpha value is -2.90. The molecule has 0 saturated heterocycles. The van der Waals surface area contributed by atoms with Crippen LogP contribution in [0.2, 0.25) is 0 Å². The fraction of sp³-hybridized carbons (Fsp3) is 0.125. The first-order valence-electron chi connectivity index (χ1n) is 6.76. The van der Waals surface area contributed by atoms with E-state index in [0.29, 0.717) is 11.8 Å². The van der Waals surface area contributed by atoms with Crippen LogP contribution in [0, 0.1) is 5.82 Å². The molecule has 2 aromatic carbocycles. The highest BCUT2D eigenvalue weighted by atomic mass is 19.4. The molecule has 0 bridgehead atoms. The lowest BCUT2D eigenvalue weighted by Crippen LogP contribution is -2.33. The van der Waals surface area contributed by atoms with Crippen molar-refractivity contribution in [3.63, 3.8) is 0 Å². The molecule has 0 fully saturated rings. The van der Waals surface area contributed by atoms with Crippen molar-refractivity contribution in [2.75, 3.05) is 11.9 Å². The minimum absolute atomic E-state index is 0.209. The molecule has 0 spiro atoms. The van der Waals surface area contributed by atoms with Gasteiger partial charge in [-0.2, -0.15) is 13.2 Å². The van der Waals surface area contributed by atoms with Crippen LogP contribution in [0.25, 0.3) is 0 Å². The van der Waals surface area contributed by atoms with Crippen molar-refractivity contribution in [3.05, 3.63) is 65.5 Å². The van der Waals surface area contributed by atoms with Gasteiger partial charge in [-0.3, -0.25) is 9.59 Å². The maximum Gasteiger partial charge on any atom is 0.416 e. The number of halogens is 4. The smallest absolute Gasteiger partial charge is 0.343 e. The second-order valence-electron chi connectivity index (χ2n) is 4.82. The largest absolute Gasteiger partial charge is 0.416 e. The molecule has 126 valence electrons. The summed E-state index contributed by atoms with van der Waals surface area (Å²) in [6.07, 6.45) is -4.56. The van der Waals surface area contributed by atoms with Crippen LogP contribution < -0.4 is 10.6 Å². The van der Waals surface area contributed by atoms with E-state index in [1.807, 2.05) is 0 Å². The molecule has 0 radical (unpaired) electrons. The first kappa shape index (κ1) is 17.5. The lowest BCUT2D eigenvalue weighted by atomic mass is 10.1. The molecule has 0 aliphatic heterocycles. The Morgan fingerprint density at radius 1 is 1.00 bits per heavy atom. The zero-order valence-corrected chi connectivity index (χ0v) is 12.2. The van der Waals surface area contributed by atoms with E-state index in [1.165, 1.54) is 18.2 Å². The summed E-state index contributed by atoms with van der Waals surface area (Å²) in [6.45, 7) is -0.438. The number of hydrogen-bond donors (Lipinski definition) is 2. The summed E-state index contributed by atoms with van der Waals surface area (Å²) in [4.78, 5) is 23.5. The lowest BCUT2D eigenvalue weighted by Gasteiger charge is -2.09. The average molecular weight is 340 g/mol. The number of hydrogen-bond acceptors (Lipinski definition) is 2. The van der Waals surface area contributed by atoms with Crippen LogP contribution in [0.15, 0.2) is 48.5 Å². The molecule has 2 amide bonds. The standard InChI is InChI=1S/C16H12F4N2O2/c17-12-4-6-13(7-5-12)22-14(23)9-21-15(24)10-2-1-3-11(8-10)16(18,19)20/h1-8H,9H2,(H,21,24)(H,22,23). The third kappa shape index (κ3) is 4.80. The van der Waals surface area contributed by atoms with Crippen molar-refractivity contribution in [2.45, 2.75) is 6.18 Å². The second kappa shape index (κ2) is 7.12. The van der Waals surface area contributed by atoms with Gasteiger partial charge in [-0.05, 0) is 42.5 Å². The van der Waals surface area contributed by atoms with Gasteiger partial charge in [0, 0.05) is 11.3 Å². The maximum absolute atomic E-state index is 12.7. The van der Waals surface area contributed by atoms with Crippen molar-refractivity contribution in [2.24, 2.45) is 0 Å². The fourth-order valence-electron chi connectivity index (χ4n) is 1.84. The molecule has 8 heteroatoms. The predicted octanol–water partition coefficient (Wildman–Crippen LogP) is 3.21. The Labute approximate surface area is 134 Å². The molecule has 0 saturated carbocycles. The molecule has 2 aromatic rings. The fourth-order valence-corrected chi connectivity index (χ4v) is 1.84. The number of nitrogens with one attached hydrogen (secondary N) is 2. The second-order valence-corrected chi connectivity index (χ2v) is 4.82. The number of rotatable bonds is 4. The molecule has 0 aliphatic rings. The zero-order chi connectivity index (χ0) is 17.7. The molecule has 0 atom stereocenters. The summed E-state index contributed by atoms with van der Waals surface area (Å²) in [6, 6.07) is 8.83. The van der Waals surface area contributed by atoms with E-state index in [0.717, 1.165) is 24.3 Å². The molecule has 4 nitrogen and oxygen atoms in total. The van der Waals surface area contributed by atoms with Gasteiger partial charge in [0.2, 0.25) is 5.91 Å². The molecule has 2 N–H and O–H groups in total. The van der Waals surface area contributed by atoms with Crippen molar-refractivity contribution in [3.8, 4) is 0 Å². The van der Waals surface area contributed by atoms with Crippen molar-refractivity contribution >= 4 is 17.5 Å². The Bertz CT molecular complexity index is 742. The molecule has 0 heterocycles. The minimum Gasteiger partial charge on any atom is -0.343 e. The first-order valence-corrected chi connectivity index (χ1v) is 6.76. The number of benzene rings is 2. The van der Waals surface area contributed by atoms with Crippen molar-refractivity contribution in [1.29, 1.82) is 0 Å². The van der Waals surface area contributed by atoms with E-state index in [9.17, 15) is 27.2 Å². The summed E-state index contributed by atoms with van der Waals surface area (Å²) < 4.78 is 50.5. The van der Waals surface area contributed by atoms with Crippen LogP contribution in [0.1, 0.15) is 15.9 Å². The van der Waals surface area contributed by atoms with Crippen LogP contribution in [0.4, 0.5) is 23.2 Å². The molecule has 0 unspecified atom stereocenters. The Kier molecular flexibility index (Phi) is 5.18. The predicted molar refractivity (Wildman–Crippen MR) is 78.8 cm³/mol. The molecule has 24 heavy (non-hydrogen) atoms. The summed E-state index contributed by atoms with van der Waals surface area (Å²) in [5.41, 5.74) is -0.833. The highest BCUT2D eigenvalue weighted by Gasteiger charge is 2.30. The monoisotopic (exact) mass is 340 g/mol. The zero-order valence-electron chi connectivity index (χ0n) is 12.2. The lowest BCUT2D eigenvalue weighted by molar-refractivity contribution is -0.137. The van der Waals surface area contributed by atoms with Crippen molar-refractivity contribution in [1.82, 2.24) is 5.32 Å². The SMILES string of the molecule is O=C(CNC(=O)c1cccc(C(F)(F)F)c1)Nc1ccc(F)cc1. The van der Waals surface area contributed by atoms with Gasteiger partial charge in [0.05, 0.1) is 12.1 Å². The van der Waals surface area contributed by atoms with Gasteiger partial charge >= 0.3 is 6.18 Å². The van der Waals surface area contributed by atoms with Gasteiger partial charge in [0.1, 0.15) is 5.82 Å². The van der Waals surface area contributed by atoms with Crippen LogP contribution in [0.5, 0.6) is 0 Å². The molecule has 0 aliphatic carbocycles. The summed E-state index contributed by atoms with van der Waals surface area (Å²) >= 11 is 0. The van der Waals surface area contributed by atoms with E-state index < -0.39 is 35.9 Å². The Balaban J connectivity index is 1.93. The Morgan fingerprint density at radius 2 is 1.67 bits per heavy atom. The van der Waals surface area contributed by atoms with Crippen LogP contribution in [-0.4, -0.2) is 18.4 Å². The minimum atomic E-state index is -4.56. The number of anilines is 1. The number of amides is 2. The average Bonchev–Trinajstić information content (AvgIpc) is 2.54. The van der Waals surface area contributed by atoms with Crippen LogP contribution >= 0.6 is 0 Å². The Morgan fingerprint density at radius 3 is 2.29 bits per heavy atom. The third-order valence-electron chi connectivity index (χ3n) is 2.99. The highest BCUT2D eigenvalue weighted by Crippen LogP contribution is 2.29. The summed E-state index contributed by atoms with van der Waals surface area (Å²) in [7, 11) is 0. The van der Waals surface area contributed by atoms with E-state index in [1.54, 1.807) is 0 Å². The molecule has 2 rings (SSSR count). The van der Waals surface area contributed by atoms with Crippen LogP contribution in [-0.2, 0) is 11.0 Å². The number of alkyl halides is 3. The van der Waals surface area contributed by atoms with E-state index in [4.69, 9.17) is 0 Å². The summed E-state index contributed by atoms with van der Waals surface area (Å²) in [5.74, 6) is -1.87. The highest BCUT2D eigenvalue weighted by molar-refractivity contribution is 5.99. The molecule has 0 aromatic heterocycles. The van der Waals surface area contributed by atoms with Gasteiger partial charge in [-0.25, -0.2) is 4.39 Å². The summed E-state index contributed by atoms with van der Waals surface area (Å²) in [5, 5.41) is 4.63. The maximum atomic E-state index is 12.7. The molecular formula is C16H12F4N2O2. The van der Waals surface area contributed by atoms with Crippen molar-refractivity contribution < 1.29 is 27.2 Å². The van der Waals surface area contributed by atoms with Gasteiger partial charge < -0.3 is 10.6 Å². The number of carbonyl (C=O) groups excluding carboxylic acids is 2. The van der Waals surface area contributed by atoms with Crippen LogP contribution in [0.3, 0.4) is 0 Å². The molecular weight excluding hydrogens is 328 g/mol. The first-order chi connectivity index (χ1) is 11.3. The quantitative estimate of drug-likeness (QED) is 0.840. The normalized spacial score (nSPS) is 11.0. The van der Waals surface area contributed by atoms with E-state index >= 15 is 0 Å². The van der Waals surface area contributed by atoms with Gasteiger partial charge in [0.15, 0.2) is 0 Å². The number of carbonyl (C=O) groups is 2.